The highest BCUT2D eigenvalue weighted by Gasteiger charge is 2.16. The molecule has 0 aliphatic carbocycles. The van der Waals surface area contributed by atoms with Gasteiger partial charge in [0.2, 0.25) is 0 Å². The van der Waals surface area contributed by atoms with Crippen LogP contribution in [0.3, 0.4) is 0 Å². The monoisotopic (exact) mass is 255 g/mol. The second kappa shape index (κ2) is 4.16. The molecule has 0 radical (unpaired) electrons. The van der Waals surface area contributed by atoms with Crippen molar-refractivity contribution < 1.29 is 4.79 Å². The summed E-state index contributed by atoms with van der Waals surface area (Å²) in [6.07, 6.45) is 0. The molecule has 0 saturated carbocycles. The molecule has 0 spiro atoms. The highest BCUT2D eigenvalue weighted by Crippen LogP contribution is 2.09. The van der Waals surface area contributed by atoms with Crippen LogP contribution in [0.1, 0.15) is 27.7 Å². The Kier molecular flexibility index (Phi) is 4.24. The molecular weight excluding hydrogens is 241 g/mol. The van der Waals surface area contributed by atoms with Gasteiger partial charge in [-0.25, -0.2) is 0 Å². The Balaban J connectivity index is 4.12. The van der Waals surface area contributed by atoms with Gasteiger partial charge >= 0.3 is 0 Å². The average Bonchev–Trinajstić information content (AvgIpc) is 1.59. The van der Waals surface area contributed by atoms with Crippen molar-refractivity contribution >= 4 is 26.5 Å². The minimum absolute atomic E-state index is 0.127. The van der Waals surface area contributed by atoms with Gasteiger partial charge in [0, 0.05) is 34.7 Å². The number of rotatable bonds is 2. The molecule has 0 aromatic heterocycles. The smallest absolute Gasteiger partial charge is 0.283 e. The number of nitrogens with zero attached hydrogens (tertiary/aromatic N) is 1. The van der Waals surface area contributed by atoms with Crippen molar-refractivity contribution in [3.05, 3.63) is 0 Å². The first-order chi connectivity index (χ1) is 4.46. The Morgan fingerprint density at radius 2 is 1.50 bits per heavy atom. The van der Waals surface area contributed by atoms with Crippen LogP contribution in [0, 0.1) is 0 Å². The first-order valence-corrected chi connectivity index (χ1v) is 4.52. The molecule has 1 amide bonds. The van der Waals surface area contributed by atoms with E-state index >= 15 is 0 Å². The van der Waals surface area contributed by atoms with Crippen molar-refractivity contribution in [2.24, 2.45) is 0 Å². The van der Waals surface area contributed by atoms with E-state index in [1.165, 1.54) is 0 Å². The van der Waals surface area contributed by atoms with E-state index in [2.05, 4.69) is 0 Å². The third-order valence-corrected chi connectivity index (χ3v) is 1.87. The van der Waals surface area contributed by atoms with Gasteiger partial charge in [-0.3, -0.25) is 4.79 Å². The van der Waals surface area contributed by atoms with E-state index in [9.17, 15) is 4.79 Å². The van der Waals surface area contributed by atoms with Crippen LogP contribution in [-0.2, 0) is 0 Å². The van der Waals surface area contributed by atoms with E-state index in [-0.39, 0.29) is 3.91 Å². The van der Waals surface area contributed by atoms with Gasteiger partial charge in [-0.05, 0) is 27.7 Å². The van der Waals surface area contributed by atoms with E-state index in [1.54, 1.807) is 0 Å². The van der Waals surface area contributed by atoms with Crippen molar-refractivity contribution in [3.63, 3.8) is 0 Å². The Morgan fingerprint density at radius 3 is 1.50 bits per heavy atom. The Hall–Kier alpha value is 0.200. The topological polar surface area (TPSA) is 20.3 Å². The van der Waals surface area contributed by atoms with Crippen LogP contribution in [-0.4, -0.2) is 20.9 Å². The lowest BCUT2D eigenvalue weighted by atomic mass is 10.2. The summed E-state index contributed by atoms with van der Waals surface area (Å²) >= 11 is 1.82. The summed E-state index contributed by atoms with van der Waals surface area (Å²) in [5.41, 5.74) is 0. The zero-order valence-electron chi connectivity index (χ0n) is 6.89. The average molecular weight is 255 g/mol. The molecule has 0 aromatic rings. The minimum atomic E-state index is 0.127. The largest absolute Gasteiger partial charge is 0.329 e. The molecule has 0 fully saturated rings. The summed E-state index contributed by atoms with van der Waals surface area (Å²) in [5.74, 6) is 0. The first kappa shape index (κ1) is 10.2. The minimum Gasteiger partial charge on any atom is -0.329 e. The molecule has 0 aromatic carbocycles. The van der Waals surface area contributed by atoms with E-state index in [0.29, 0.717) is 12.1 Å². The summed E-state index contributed by atoms with van der Waals surface area (Å²) in [6, 6.07) is 0.619. The molecule has 0 heterocycles. The molecule has 0 N–H and O–H groups in total. The van der Waals surface area contributed by atoms with Gasteiger partial charge in [0.15, 0.2) is 0 Å². The number of amides is 1. The van der Waals surface area contributed by atoms with E-state index in [4.69, 9.17) is 0 Å². The predicted molar refractivity (Wildman–Crippen MR) is 51.5 cm³/mol. The number of hydrogen-bond donors (Lipinski definition) is 0. The van der Waals surface area contributed by atoms with Crippen molar-refractivity contribution in [1.82, 2.24) is 4.90 Å². The molecular formula is C7H14INO. The maximum absolute atomic E-state index is 10.9. The van der Waals surface area contributed by atoms with Gasteiger partial charge < -0.3 is 4.90 Å². The predicted octanol–water partition coefficient (Wildman–Crippen LogP) is 2.66. The maximum Gasteiger partial charge on any atom is 0.283 e. The molecule has 0 atom stereocenters. The lowest BCUT2D eigenvalue weighted by Gasteiger charge is -2.28. The van der Waals surface area contributed by atoms with Crippen LogP contribution in [0.4, 0.5) is 4.79 Å². The van der Waals surface area contributed by atoms with Gasteiger partial charge in [-0.1, -0.05) is 0 Å². The van der Waals surface area contributed by atoms with Gasteiger partial charge in [-0.15, -0.1) is 0 Å². The zero-order chi connectivity index (χ0) is 8.31. The number of halogens is 1. The quantitative estimate of drug-likeness (QED) is 0.422. The molecule has 3 heteroatoms. The van der Waals surface area contributed by atoms with E-state index in [1.807, 2.05) is 55.2 Å². The first-order valence-electron chi connectivity index (χ1n) is 3.44. The molecule has 10 heavy (non-hydrogen) atoms. The molecule has 0 bridgehead atoms. The summed E-state index contributed by atoms with van der Waals surface area (Å²) in [4.78, 5) is 12.8. The number of carbonyl (C=O) groups excluding carboxylic acids is 1. The van der Waals surface area contributed by atoms with Crippen LogP contribution >= 0.6 is 22.6 Å². The SMILES string of the molecule is CC(C)N(C(=O)I)C(C)C. The lowest BCUT2D eigenvalue weighted by molar-refractivity contribution is 0.193. The normalized spacial score (nSPS) is 10.7. The number of carbonyl (C=O) groups is 1. The van der Waals surface area contributed by atoms with Crippen LogP contribution in [0.5, 0.6) is 0 Å². The standard InChI is InChI=1S/C7H14INO/c1-5(2)9(6(3)4)7(8)10/h5-6H,1-4H3. The van der Waals surface area contributed by atoms with Crippen molar-refractivity contribution in [1.29, 1.82) is 0 Å². The lowest BCUT2D eigenvalue weighted by Crippen LogP contribution is -2.38. The third-order valence-electron chi connectivity index (χ3n) is 1.32. The summed E-state index contributed by atoms with van der Waals surface area (Å²) in [5, 5.41) is 0. The van der Waals surface area contributed by atoms with Crippen molar-refractivity contribution in [3.8, 4) is 0 Å². The number of hydrogen-bond acceptors (Lipinski definition) is 1. The molecule has 0 rings (SSSR count). The van der Waals surface area contributed by atoms with Crippen LogP contribution in [0.15, 0.2) is 0 Å². The second-order valence-electron chi connectivity index (χ2n) is 2.85. The summed E-state index contributed by atoms with van der Waals surface area (Å²) in [6.45, 7) is 8.10. The molecule has 0 aliphatic heterocycles. The van der Waals surface area contributed by atoms with Crippen molar-refractivity contribution in [2.75, 3.05) is 0 Å². The van der Waals surface area contributed by atoms with Crippen molar-refractivity contribution in [2.45, 2.75) is 39.8 Å². The summed E-state index contributed by atoms with van der Waals surface area (Å²) in [7, 11) is 0. The molecule has 0 unspecified atom stereocenters. The fourth-order valence-electron chi connectivity index (χ4n) is 1.00. The fraction of sp³-hybridized carbons (Fsp3) is 0.857. The Bertz CT molecular complexity index is 115. The molecule has 0 saturated heterocycles. The highest BCUT2D eigenvalue weighted by molar-refractivity contribution is 14.1. The third kappa shape index (κ3) is 2.86. The van der Waals surface area contributed by atoms with Gasteiger partial charge in [-0.2, -0.15) is 0 Å². The van der Waals surface area contributed by atoms with E-state index < -0.39 is 0 Å². The summed E-state index contributed by atoms with van der Waals surface area (Å²) < 4.78 is 0.127. The Morgan fingerprint density at radius 1 is 1.20 bits per heavy atom. The van der Waals surface area contributed by atoms with E-state index in [0.717, 1.165) is 0 Å². The Labute approximate surface area is 76.1 Å². The maximum atomic E-state index is 10.9. The molecule has 60 valence electrons. The van der Waals surface area contributed by atoms with Gasteiger partial charge in [0.25, 0.3) is 3.91 Å². The fourth-order valence-corrected chi connectivity index (χ4v) is 2.12. The zero-order valence-corrected chi connectivity index (χ0v) is 9.05. The second-order valence-corrected chi connectivity index (χ2v) is 3.77. The van der Waals surface area contributed by atoms with Gasteiger partial charge in [0.1, 0.15) is 0 Å². The van der Waals surface area contributed by atoms with Crippen LogP contribution in [0.25, 0.3) is 0 Å². The highest BCUT2D eigenvalue weighted by atomic mass is 127. The van der Waals surface area contributed by atoms with Crippen LogP contribution in [0.2, 0.25) is 0 Å². The molecule has 0 aliphatic rings. The van der Waals surface area contributed by atoms with Gasteiger partial charge in [0.05, 0.1) is 0 Å². The van der Waals surface area contributed by atoms with Crippen LogP contribution < -0.4 is 0 Å². The molecule has 2 nitrogen and oxygen atoms in total.